The Balaban J connectivity index is 3.50. The molecule has 0 spiro atoms. The maximum atomic E-state index is 11.3. The van der Waals surface area contributed by atoms with Gasteiger partial charge in [-0.2, -0.15) is 0 Å². The van der Waals surface area contributed by atoms with Crippen LogP contribution >= 0.6 is 0 Å². The largest absolute Gasteiger partial charge is 0.481 e. The fourth-order valence-electron chi connectivity index (χ4n) is 1.22. The number of methoxy groups -OCH3 is 1. The minimum Gasteiger partial charge on any atom is -0.481 e. The number of rotatable bonds is 10. The Bertz CT molecular complexity index is 214. The predicted molar refractivity (Wildman–Crippen MR) is 58.4 cm³/mol. The van der Waals surface area contributed by atoms with Gasteiger partial charge in [0, 0.05) is 26.6 Å². The number of carbonyl (C=O) groups is 2. The van der Waals surface area contributed by atoms with E-state index in [1.54, 1.807) is 7.11 Å². The van der Waals surface area contributed by atoms with E-state index in [4.69, 9.17) is 14.6 Å². The molecular weight excluding hydrogens is 212 g/mol. The van der Waals surface area contributed by atoms with Crippen molar-refractivity contribution < 1.29 is 24.2 Å². The fourth-order valence-corrected chi connectivity index (χ4v) is 1.22. The molecule has 0 aliphatic carbocycles. The average molecular weight is 232 g/mol. The van der Waals surface area contributed by atoms with Gasteiger partial charge in [-0.15, -0.1) is 0 Å². The monoisotopic (exact) mass is 232 g/mol. The molecule has 0 aromatic rings. The summed E-state index contributed by atoms with van der Waals surface area (Å²) in [5, 5.41) is 8.41. The molecular formula is C11H20O5. The quantitative estimate of drug-likeness (QED) is 0.571. The smallest absolute Gasteiger partial charge is 0.303 e. The Morgan fingerprint density at radius 3 is 2.50 bits per heavy atom. The number of carboxylic acids is 1. The first kappa shape index (κ1) is 15.1. The molecule has 0 radical (unpaired) electrons. The van der Waals surface area contributed by atoms with Crippen molar-refractivity contribution in [3.05, 3.63) is 0 Å². The van der Waals surface area contributed by atoms with Gasteiger partial charge >= 0.3 is 5.97 Å². The number of ether oxygens (including phenoxy) is 2. The van der Waals surface area contributed by atoms with E-state index in [2.05, 4.69) is 0 Å². The number of carboxylic acid groups (broad SMARTS) is 1. The van der Waals surface area contributed by atoms with Crippen LogP contribution in [0.15, 0.2) is 0 Å². The van der Waals surface area contributed by atoms with E-state index >= 15 is 0 Å². The second kappa shape index (κ2) is 9.30. The van der Waals surface area contributed by atoms with E-state index in [-0.39, 0.29) is 24.5 Å². The molecule has 1 unspecified atom stereocenters. The van der Waals surface area contributed by atoms with Gasteiger partial charge in [0.15, 0.2) is 0 Å². The lowest BCUT2D eigenvalue weighted by molar-refractivity contribution is -0.138. The zero-order chi connectivity index (χ0) is 12.4. The topological polar surface area (TPSA) is 72.8 Å². The van der Waals surface area contributed by atoms with Gasteiger partial charge in [0.2, 0.25) is 0 Å². The second-order valence-electron chi connectivity index (χ2n) is 3.81. The van der Waals surface area contributed by atoms with E-state index in [0.29, 0.717) is 26.2 Å². The van der Waals surface area contributed by atoms with Gasteiger partial charge in [-0.1, -0.05) is 6.92 Å². The molecule has 0 aromatic carbocycles. The summed E-state index contributed by atoms with van der Waals surface area (Å²) in [5.74, 6) is -0.833. The summed E-state index contributed by atoms with van der Waals surface area (Å²) < 4.78 is 10.1. The first-order valence-corrected chi connectivity index (χ1v) is 5.36. The summed E-state index contributed by atoms with van der Waals surface area (Å²) in [4.78, 5) is 21.5. The molecule has 5 heteroatoms. The fraction of sp³-hybridized carbons (Fsp3) is 0.818. The van der Waals surface area contributed by atoms with Crippen molar-refractivity contribution >= 4 is 11.8 Å². The third-order valence-corrected chi connectivity index (χ3v) is 2.03. The zero-order valence-corrected chi connectivity index (χ0v) is 9.90. The number of Topliss-reactive ketones (excluding diaryl/α,β-unsaturated/α-hetero) is 1. The molecule has 5 nitrogen and oxygen atoms in total. The van der Waals surface area contributed by atoms with Crippen LogP contribution in [-0.2, 0) is 19.1 Å². The Morgan fingerprint density at radius 2 is 1.94 bits per heavy atom. The van der Waals surface area contributed by atoms with Gasteiger partial charge in [-0.05, 0) is 5.92 Å². The van der Waals surface area contributed by atoms with Crippen LogP contribution in [0.2, 0.25) is 0 Å². The molecule has 0 aromatic heterocycles. The molecule has 0 heterocycles. The van der Waals surface area contributed by atoms with Gasteiger partial charge in [0.1, 0.15) is 5.78 Å². The highest BCUT2D eigenvalue weighted by molar-refractivity contribution is 5.82. The maximum absolute atomic E-state index is 11.3. The standard InChI is InChI=1S/C11H20O5/c1-9(8-16-6-5-15-2)7-10(12)3-4-11(13)14/h9H,3-8H2,1-2H3,(H,13,14). The molecule has 0 aliphatic rings. The Morgan fingerprint density at radius 1 is 1.25 bits per heavy atom. The average Bonchev–Trinajstić information content (AvgIpc) is 2.21. The van der Waals surface area contributed by atoms with Crippen LogP contribution in [0.3, 0.4) is 0 Å². The van der Waals surface area contributed by atoms with Crippen LogP contribution in [-0.4, -0.2) is 43.8 Å². The SMILES string of the molecule is COCCOCC(C)CC(=O)CCC(=O)O. The summed E-state index contributed by atoms with van der Waals surface area (Å²) in [7, 11) is 1.60. The third kappa shape index (κ3) is 9.61. The minimum atomic E-state index is -0.933. The maximum Gasteiger partial charge on any atom is 0.303 e. The lowest BCUT2D eigenvalue weighted by atomic mass is 10.0. The highest BCUT2D eigenvalue weighted by Crippen LogP contribution is 2.06. The van der Waals surface area contributed by atoms with Gasteiger partial charge in [0.25, 0.3) is 0 Å². The van der Waals surface area contributed by atoms with Crippen molar-refractivity contribution in [1.29, 1.82) is 0 Å². The number of hydrogen-bond acceptors (Lipinski definition) is 4. The normalized spacial score (nSPS) is 12.4. The second-order valence-corrected chi connectivity index (χ2v) is 3.81. The first-order valence-electron chi connectivity index (χ1n) is 5.36. The van der Waals surface area contributed by atoms with Crippen molar-refractivity contribution in [1.82, 2.24) is 0 Å². The van der Waals surface area contributed by atoms with Crippen molar-refractivity contribution in [2.24, 2.45) is 5.92 Å². The summed E-state index contributed by atoms with van der Waals surface area (Å²) in [6.45, 7) is 3.47. The van der Waals surface area contributed by atoms with Crippen LogP contribution < -0.4 is 0 Å². The summed E-state index contributed by atoms with van der Waals surface area (Å²) >= 11 is 0. The summed E-state index contributed by atoms with van der Waals surface area (Å²) in [5.41, 5.74) is 0. The molecule has 0 saturated heterocycles. The Kier molecular flexibility index (Phi) is 8.75. The van der Waals surface area contributed by atoms with E-state index < -0.39 is 5.97 Å². The van der Waals surface area contributed by atoms with E-state index in [1.165, 1.54) is 0 Å². The van der Waals surface area contributed by atoms with E-state index in [9.17, 15) is 9.59 Å². The van der Waals surface area contributed by atoms with Gasteiger partial charge in [0.05, 0.1) is 19.6 Å². The number of hydrogen-bond donors (Lipinski definition) is 1. The molecule has 0 rings (SSSR count). The van der Waals surface area contributed by atoms with Crippen molar-refractivity contribution in [2.45, 2.75) is 26.2 Å². The number of carbonyl (C=O) groups excluding carboxylic acids is 1. The van der Waals surface area contributed by atoms with Crippen molar-refractivity contribution in [2.75, 3.05) is 26.9 Å². The van der Waals surface area contributed by atoms with Gasteiger partial charge in [-0.3, -0.25) is 9.59 Å². The van der Waals surface area contributed by atoms with Gasteiger partial charge < -0.3 is 14.6 Å². The minimum absolute atomic E-state index is 0.0229. The molecule has 0 bridgehead atoms. The zero-order valence-electron chi connectivity index (χ0n) is 9.90. The molecule has 1 N–H and O–H groups in total. The molecule has 0 amide bonds. The van der Waals surface area contributed by atoms with Crippen LogP contribution in [0.5, 0.6) is 0 Å². The predicted octanol–water partition coefficient (Wildman–Crippen LogP) is 1.11. The molecule has 0 fully saturated rings. The lowest BCUT2D eigenvalue weighted by Gasteiger charge is -2.10. The van der Waals surface area contributed by atoms with Crippen LogP contribution in [0.1, 0.15) is 26.2 Å². The summed E-state index contributed by atoms with van der Waals surface area (Å²) in [6.07, 6.45) is 0.397. The molecule has 0 saturated carbocycles. The van der Waals surface area contributed by atoms with Crippen LogP contribution in [0, 0.1) is 5.92 Å². The number of ketones is 1. The van der Waals surface area contributed by atoms with Crippen molar-refractivity contribution in [3.8, 4) is 0 Å². The highest BCUT2D eigenvalue weighted by atomic mass is 16.5. The molecule has 0 aliphatic heterocycles. The van der Waals surface area contributed by atoms with Crippen molar-refractivity contribution in [3.63, 3.8) is 0 Å². The first-order chi connectivity index (χ1) is 7.56. The lowest BCUT2D eigenvalue weighted by Crippen LogP contribution is -2.14. The third-order valence-electron chi connectivity index (χ3n) is 2.03. The van der Waals surface area contributed by atoms with Crippen LogP contribution in [0.25, 0.3) is 0 Å². The van der Waals surface area contributed by atoms with E-state index in [1.807, 2.05) is 6.92 Å². The summed E-state index contributed by atoms with van der Waals surface area (Å²) in [6, 6.07) is 0. The number of aliphatic carboxylic acids is 1. The Hall–Kier alpha value is -0.940. The Labute approximate surface area is 95.7 Å². The highest BCUT2D eigenvalue weighted by Gasteiger charge is 2.10. The molecule has 94 valence electrons. The van der Waals surface area contributed by atoms with E-state index in [0.717, 1.165) is 0 Å². The van der Waals surface area contributed by atoms with Crippen LogP contribution in [0.4, 0.5) is 0 Å². The molecule has 16 heavy (non-hydrogen) atoms. The molecule has 1 atom stereocenters. The van der Waals surface area contributed by atoms with Gasteiger partial charge in [-0.25, -0.2) is 0 Å².